The maximum absolute atomic E-state index is 13.3. The van der Waals surface area contributed by atoms with Gasteiger partial charge >= 0.3 is 0 Å². The van der Waals surface area contributed by atoms with Gasteiger partial charge in [-0.25, -0.2) is 0 Å². The Labute approximate surface area is 171 Å². The van der Waals surface area contributed by atoms with E-state index in [-0.39, 0.29) is 5.91 Å². The maximum Gasteiger partial charge on any atom is 0.254 e. The number of carbonyl (C=O) groups is 1. The molecule has 28 heavy (non-hydrogen) atoms. The Bertz CT molecular complexity index is 744. The summed E-state index contributed by atoms with van der Waals surface area (Å²) >= 11 is 1.74. The summed E-state index contributed by atoms with van der Waals surface area (Å²) in [4.78, 5) is 16.6. The lowest BCUT2D eigenvalue weighted by atomic mass is 10.1. The first kappa shape index (κ1) is 20.5. The third kappa shape index (κ3) is 4.98. The van der Waals surface area contributed by atoms with E-state index in [1.165, 1.54) is 4.88 Å². The monoisotopic (exact) mass is 403 g/mol. The lowest BCUT2D eigenvalue weighted by molar-refractivity contribution is 0.0744. The highest BCUT2D eigenvalue weighted by atomic mass is 32.1. The molecule has 152 valence electrons. The average molecular weight is 404 g/mol. The van der Waals surface area contributed by atoms with Gasteiger partial charge in [-0.2, -0.15) is 0 Å². The molecule has 1 aliphatic carbocycles. The van der Waals surface area contributed by atoms with Crippen molar-refractivity contribution in [1.82, 2.24) is 4.90 Å². The number of ether oxygens (including phenoxy) is 3. The Hall–Kier alpha value is -2.21. The van der Waals surface area contributed by atoms with Gasteiger partial charge in [-0.15, -0.1) is 11.3 Å². The van der Waals surface area contributed by atoms with Crippen LogP contribution in [0.5, 0.6) is 17.2 Å². The van der Waals surface area contributed by atoms with Gasteiger partial charge in [0.2, 0.25) is 5.75 Å². The molecular weight excluding hydrogens is 374 g/mol. The zero-order chi connectivity index (χ0) is 19.9. The molecule has 1 aromatic carbocycles. The topological polar surface area (TPSA) is 48.0 Å². The van der Waals surface area contributed by atoms with E-state index in [0.717, 1.165) is 25.8 Å². The SMILES string of the molecule is CCOc1cc(C(=O)N(CCc2cccs2)C2CC2)cc(OCC)c1OCC. The Kier molecular flexibility index (Phi) is 7.20. The molecule has 0 saturated heterocycles. The average Bonchev–Trinajstić information content (AvgIpc) is 3.39. The number of hydrogen-bond donors (Lipinski definition) is 0. The predicted octanol–water partition coefficient (Wildman–Crippen LogP) is 4.79. The van der Waals surface area contributed by atoms with Crippen molar-refractivity contribution in [3.05, 3.63) is 40.1 Å². The van der Waals surface area contributed by atoms with Crippen LogP contribution in [0.25, 0.3) is 0 Å². The van der Waals surface area contributed by atoms with Gasteiger partial charge in [0.05, 0.1) is 19.8 Å². The summed E-state index contributed by atoms with van der Waals surface area (Å²) in [7, 11) is 0. The molecule has 0 spiro atoms. The second kappa shape index (κ2) is 9.82. The maximum atomic E-state index is 13.3. The molecule has 1 saturated carbocycles. The van der Waals surface area contributed by atoms with E-state index >= 15 is 0 Å². The van der Waals surface area contributed by atoms with Gasteiger partial charge < -0.3 is 19.1 Å². The first-order valence-electron chi connectivity index (χ1n) is 10.1. The molecule has 0 N–H and O–H groups in total. The zero-order valence-corrected chi connectivity index (χ0v) is 17.7. The number of amides is 1. The molecule has 0 radical (unpaired) electrons. The fraction of sp³-hybridized carbons (Fsp3) is 0.500. The fourth-order valence-electron chi connectivity index (χ4n) is 3.20. The standard InChI is InChI=1S/C22H29NO4S/c1-4-25-19-14-16(15-20(26-5-2)21(19)27-6-3)22(24)23(17-9-10-17)12-11-18-8-7-13-28-18/h7-8,13-15,17H,4-6,9-12H2,1-3H3. The minimum Gasteiger partial charge on any atom is -0.490 e. The van der Waals surface area contributed by atoms with Crippen LogP contribution in [0.15, 0.2) is 29.6 Å². The van der Waals surface area contributed by atoms with Gasteiger partial charge in [-0.1, -0.05) is 6.07 Å². The molecule has 1 aliphatic rings. The molecule has 5 nitrogen and oxygen atoms in total. The van der Waals surface area contributed by atoms with Crippen LogP contribution in [0, 0.1) is 0 Å². The van der Waals surface area contributed by atoms with E-state index in [4.69, 9.17) is 14.2 Å². The lowest BCUT2D eigenvalue weighted by Crippen LogP contribution is -2.34. The molecule has 3 rings (SSSR count). The minimum atomic E-state index is 0.0315. The molecule has 0 bridgehead atoms. The number of nitrogens with zero attached hydrogens (tertiary/aromatic N) is 1. The van der Waals surface area contributed by atoms with Crippen molar-refractivity contribution in [2.24, 2.45) is 0 Å². The highest BCUT2D eigenvalue weighted by Gasteiger charge is 2.33. The van der Waals surface area contributed by atoms with Crippen molar-refractivity contribution in [2.75, 3.05) is 26.4 Å². The smallest absolute Gasteiger partial charge is 0.254 e. The first-order valence-corrected chi connectivity index (χ1v) is 11.0. The summed E-state index contributed by atoms with van der Waals surface area (Å²) in [5, 5.41) is 2.08. The zero-order valence-electron chi connectivity index (χ0n) is 16.9. The van der Waals surface area contributed by atoms with Crippen LogP contribution in [0.1, 0.15) is 48.8 Å². The summed E-state index contributed by atoms with van der Waals surface area (Å²) in [6.07, 6.45) is 3.03. The first-order chi connectivity index (χ1) is 13.7. The van der Waals surface area contributed by atoms with E-state index in [0.29, 0.717) is 48.7 Å². The van der Waals surface area contributed by atoms with Crippen molar-refractivity contribution in [2.45, 2.75) is 46.1 Å². The Morgan fingerprint density at radius 2 is 1.71 bits per heavy atom. The van der Waals surface area contributed by atoms with E-state index in [2.05, 4.69) is 17.5 Å². The Balaban J connectivity index is 1.87. The molecule has 0 unspecified atom stereocenters. The van der Waals surface area contributed by atoms with E-state index in [1.807, 2.05) is 25.7 Å². The van der Waals surface area contributed by atoms with E-state index in [9.17, 15) is 4.79 Å². The molecule has 1 amide bonds. The molecule has 0 aliphatic heterocycles. The van der Waals surface area contributed by atoms with Gasteiger partial charge in [-0.05, 0) is 63.6 Å². The number of benzene rings is 1. The third-order valence-electron chi connectivity index (χ3n) is 4.58. The summed E-state index contributed by atoms with van der Waals surface area (Å²) in [5.74, 6) is 1.73. The summed E-state index contributed by atoms with van der Waals surface area (Å²) < 4.78 is 17.3. The van der Waals surface area contributed by atoms with Crippen molar-refractivity contribution < 1.29 is 19.0 Å². The van der Waals surface area contributed by atoms with Crippen LogP contribution >= 0.6 is 11.3 Å². The minimum absolute atomic E-state index is 0.0315. The van der Waals surface area contributed by atoms with Crippen LogP contribution < -0.4 is 14.2 Å². The van der Waals surface area contributed by atoms with Gasteiger partial charge in [-0.3, -0.25) is 4.79 Å². The second-order valence-electron chi connectivity index (χ2n) is 6.66. The molecule has 6 heteroatoms. The summed E-state index contributed by atoms with van der Waals surface area (Å²) in [6.45, 7) is 7.98. The van der Waals surface area contributed by atoms with Crippen LogP contribution in [0.4, 0.5) is 0 Å². The fourth-order valence-corrected chi connectivity index (χ4v) is 3.90. The molecule has 2 aromatic rings. The summed E-state index contributed by atoms with van der Waals surface area (Å²) in [6, 6.07) is 8.10. The molecule has 0 atom stereocenters. The van der Waals surface area contributed by atoms with Crippen LogP contribution in [-0.4, -0.2) is 43.2 Å². The van der Waals surface area contributed by atoms with Crippen LogP contribution in [0.2, 0.25) is 0 Å². The van der Waals surface area contributed by atoms with Gasteiger partial charge in [0.15, 0.2) is 11.5 Å². The third-order valence-corrected chi connectivity index (χ3v) is 5.52. The number of hydrogen-bond acceptors (Lipinski definition) is 5. The highest BCUT2D eigenvalue weighted by molar-refractivity contribution is 7.09. The van der Waals surface area contributed by atoms with Gasteiger partial charge in [0.25, 0.3) is 5.91 Å². The molecular formula is C22H29NO4S. The lowest BCUT2D eigenvalue weighted by Gasteiger charge is -2.24. The van der Waals surface area contributed by atoms with Crippen molar-refractivity contribution in [3.8, 4) is 17.2 Å². The van der Waals surface area contributed by atoms with Gasteiger partial charge in [0, 0.05) is 23.0 Å². The molecule has 1 heterocycles. The van der Waals surface area contributed by atoms with Crippen molar-refractivity contribution in [1.29, 1.82) is 0 Å². The number of thiophene rings is 1. The Morgan fingerprint density at radius 1 is 1.07 bits per heavy atom. The normalized spacial score (nSPS) is 13.2. The highest BCUT2D eigenvalue weighted by Crippen LogP contribution is 2.40. The van der Waals surface area contributed by atoms with E-state index in [1.54, 1.807) is 23.5 Å². The van der Waals surface area contributed by atoms with Crippen molar-refractivity contribution in [3.63, 3.8) is 0 Å². The largest absolute Gasteiger partial charge is 0.490 e. The molecule has 1 fully saturated rings. The number of carbonyl (C=O) groups excluding carboxylic acids is 1. The molecule has 1 aromatic heterocycles. The van der Waals surface area contributed by atoms with Crippen LogP contribution in [-0.2, 0) is 6.42 Å². The predicted molar refractivity (Wildman–Crippen MR) is 112 cm³/mol. The van der Waals surface area contributed by atoms with Crippen molar-refractivity contribution >= 4 is 17.2 Å². The Morgan fingerprint density at radius 3 is 2.21 bits per heavy atom. The second-order valence-corrected chi connectivity index (χ2v) is 7.69. The number of rotatable bonds is 11. The van der Waals surface area contributed by atoms with E-state index < -0.39 is 0 Å². The van der Waals surface area contributed by atoms with Gasteiger partial charge in [0.1, 0.15) is 0 Å². The summed E-state index contributed by atoms with van der Waals surface area (Å²) in [5.41, 5.74) is 0.591. The quantitative estimate of drug-likeness (QED) is 0.541. The van der Waals surface area contributed by atoms with Crippen LogP contribution in [0.3, 0.4) is 0 Å².